The number of benzene rings is 1. The van der Waals surface area contributed by atoms with E-state index in [9.17, 15) is 9.18 Å². The van der Waals surface area contributed by atoms with E-state index in [1.54, 1.807) is 30.7 Å². The van der Waals surface area contributed by atoms with Gasteiger partial charge in [-0.2, -0.15) is 0 Å². The summed E-state index contributed by atoms with van der Waals surface area (Å²) in [5.74, 6) is 1.34. The predicted octanol–water partition coefficient (Wildman–Crippen LogP) is 3.57. The van der Waals surface area contributed by atoms with Crippen molar-refractivity contribution in [3.8, 4) is 0 Å². The van der Waals surface area contributed by atoms with Gasteiger partial charge in [-0.1, -0.05) is 6.07 Å². The highest BCUT2D eigenvalue weighted by molar-refractivity contribution is 5.92. The van der Waals surface area contributed by atoms with Gasteiger partial charge in [0.2, 0.25) is 5.91 Å². The number of piperidine rings is 1. The number of pyridine rings is 1. The van der Waals surface area contributed by atoms with Crippen molar-refractivity contribution in [1.29, 1.82) is 0 Å². The predicted molar refractivity (Wildman–Crippen MR) is 113 cm³/mol. The van der Waals surface area contributed by atoms with Crippen LogP contribution in [0.4, 0.5) is 21.7 Å². The lowest BCUT2D eigenvalue weighted by Crippen LogP contribution is -2.38. The Labute approximate surface area is 174 Å². The summed E-state index contributed by atoms with van der Waals surface area (Å²) in [4.78, 5) is 27.4. The van der Waals surface area contributed by atoms with Gasteiger partial charge in [0.15, 0.2) is 0 Å². The van der Waals surface area contributed by atoms with Crippen LogP contribution in [0.15, 0.2) is 61.1 Å². The average molecular weight is 406 g/mol. The summed E-state index contributed by atoms with van der Waals surface area (Å²) < 4.78 is 13.0. The lowest BCUT2D eigenvalue weighted by molar-refractivity contribution is -0.117. The van der Waals surface area contributed by atoms with Gasteiger partial charge in [0.25, 0.3) is 0 Å². The molecule has 30 heavy (non-hydrogen) atoms. The molecule has 2 N–H and O–H groups in total. The molecule has 1 saturated heterocycles. The number of amides is 1. The first-order valence-electron chi connectivity index (χ1n) is 9.93. The molecule has 0 unspecified atom stereocenters. The fourth-order valence-corrected chi connectivity index (χ4v) is 3.57. The maximum absolute atomic E-state index is 13.0. The van der Waals surface area contributed by atoms with Gasteiger partial charge < -0.3 is 10.6 Å². The largest absolute Gasteiger partial charge is 0.325 e. The van der Waals surface area contributed by atoms with Crippen LogP contribution in [0.25, 0.3) is 0 Å². The van der Waals surface area contributed by atoms with Crippen LogP contribution in [0.2, 0.25) is 0 Å². The minimum Gasteiger partial charge on any atom is -0.325 e. The van der Waals surface area contributed by atoms with E-state index >= 15 is 0 Å². The van der Waals surface area contributed by atoms with Crippen LogP contribution in [-0.4, -0.2) is 45.4 Å². The molecule has 0 spiro atoms. The number of anilines is 3. The molecule has 1 aliphatic heterocycles. The molecule has 7 nitrogen and oxygen atoms in total. The molecule has 3 heterocycles. The SMILES string of the molecule is O=C(CN1CCC(c2cccc(Nc3cnccn3)n2)CC1)Nc1ccc(F)cc1. The Morgan fingerprint density at radius 3 is 2.60 bits per heavy atom. The van der Waals surface area contributed by atoms with Crippen LogP contribution in [0, 0.1) is 5.82 Å². The zero-order chi connectivity index (χ0) is 20.8. The van der Waals surface area contributed by atoms with E-state index in [1.165, 1.54) is 12.1 Å². The summed E-state index contributed by atoms with van der Waals surface area (Å²) in [5.41, 5.74) is 1.65. The second-order valence-electron chi connectivity index (χ2n) is 7.27. The molecular weight excluding hydrogens is 383 g/mol. The van der Waals surface area contributed by atoms with Crippen molar-refractivity contribution in [3.63, 3.8) is 0 Å². The first-order chi connectivity index (χ1) is 14.7. The molecular formula is C22H23FN6O. The van der Waals surface area contributed by atoms with E-state index in [2.05, 4.69) is 25.5 Å². The molecule has 1 aliphatic rings. The molecule has 0 saturated carbocycles. The van der Waals surface area contributed by atoms with Gasteiger partial charge in [-0.3, -0.25) is 14.7 Å². The Kier molecular flexibility index (Phi) is 6.24. The number of aromatic nitrogens is 3. The van der Waals surface area contributed by atoms with E-state index in [-0.39, 0.29) is 11.7 Å². The third-order valence-corrected chi connectivity index (χ3v) is 5.09. The van der Waals surface area contributed by atoms with Gasteiger partial charge in [0, 0.05) is 29.7 Å². The zero-order valence-corrected chi connectivity index (χ0v) is 16.5. The van der Waals surface area contributed by atoms with Crippen LogP contribution >= 0.6 is 0 Å². The van der Waals surface area contributed by atoms with Crippen LogP contribution < -0.4 is 10.6 Å². The maximum Gasteiger partial charge on any atom is 0.238 e. The van der Waals surface area contributed by atoms with E-state index in [0.29, 0.717) is 24.0 Å². The lowest BCUT2D eigenvalue weighted by atomic mass is 9.93. The van der Waals surface area contributed by atoms with Crippen molar-refractivity contribution in [2.75, 3.05) is 30.3 Å². The molecule has 0 atom stereocenters. The number of hydrogen-bond donors (Lipinski definition) is 2. The Morgan fingerprint density at radius 2 is 1.87 bits per heavy atom. The Morgan fingerprint density at radius 1 is 1.07 bits per heavy atom. The topological polar surface area (TPSA) is 83.0 Å². The number of rotatable bonds is 6. The van der Waals surface area contributed by atoms with E-state index in [4.69, 9.17) is 4.98 Å². The minimum absolute atomic E-state index is 0.0895. The Hall–Kier alpha value is -3.39. The lowest BCUT2D eigenvalue weighted by Gasteiger charge is -2.31. The molecule has 8 heteroatoms. The first kappa shape index (κ1) is 19.9. The molecule has 1 fully saturated rings. The monoisotopic (exact) mass is 406 g/mol. The van der Waals surface area contributed by atoms with Gasteiger partial charge in [0.05, 0.1) is 12.7 Å². The highest BCUT2D eigenvalue weighted by Gasteiger charge is 2.23. The number of halogens is 1. The van der Waals surface area contributed by atoms with Gasteiger partial charge in [-0.15, -0.1) is 0 Å². The summed E-state index contributed by atoms with van der Waals surface area (Å²) in [5, 5.41) is 5.98. The molecule has 0 bridgehead atoms. The molecule has 1 amide bonds. The van der Waals surface area contributed by atoms with E-state index in [0.717, 1.165) is 37.4 Å². The van der Waals surface area contributed by atoms with E-state index in [1.807, 2.05) is 18.2 Å². The van der Waals surface area contributed by atoms with Crippen molar-refractivity contribution in [3.05, 3.63) is 72.6 Å². The van der Waals surface area contributed by atoms with Crippen LogP contribution in [0.3, 0.4) is 0 Å². The van der Waals surface area contributed by atoms with E-state index < -0.39 is 0 Å². The summed E-state index contributed by atoms with van der Waals surface area (Å²) in [7, 11) is 0. The minimum atomic E-state index is -0.320. The van der Waals surface area contributed by atoms with Gasteiger partial charge in [0.1, 0.15) is 17.5 Å². The highest BCUT2D eigenvalue weighted by Crippen LogP contribution is 2.27. The van der Waals surface area contributed by atoms with Crippen molar-refractivity contribution >= 4 is 23.2 Å². The molecule has 0 radical (unpaired) electrons. The normalized spacial score (nSPS) is 15.0. The van der Waals surface area contributed by atoms with Crippen LogP contribution in [0.5, 0.6) is 0 Å². The number of carbonyl (C=O) groups is 1. The maximum atomic E-state index is 13.0. The highest BCUT2D eigenvalue weighted by atomic mass is 19.1. The molecule has 3 aromatic rings. The fraction of sp³-hybridized carbons (Fsp3) is 0.273. The second-order valence-corrected chi connectivity index (χ2v) is 7.27. The summed E-state index contributed by atoms with van der Waals surface area (Å²) in [6.45, 7) is 1.97. The standard InChI is InChI=1S/C22H23FN6O/c23-17-4-6-18(7-5-17)26-22(30)15-29-12-8-16(9-13-29)19-2-1-3-20(27-19)28-21-14-24-10-11-25-21/h1-7,10-11,14,16H,8-9,12-13,15H2,(H,26,30)(H,25,27,28). The zero-order valence-electron chi connectivity index (χ0n) is 16.5. The molecule has 0 aliphatic carbocycles. The summed E-state index contributed by atoms with van der Waals surface area (Å²) in [6.07, 6.45) is 6.79. The van der Waals surface area contributed by atoms with Crippen molar-refractivity contribution < 1.29 is 9.18 Å². The third kappa shape index (κ3) is 5.36. The third-order valence-electron chi connectivity index (χ3n) is 5.09. The average Bonchev–Trinajstić information content (AvgIpc) is 2.77. The van der Waals surface area contributed by atoms with Gasteiger partial charge in [-0.25, -0.2) is 14.4 Å². The van der Waals surface area contributed by atoms with Gasteiger partial charge >= 0.3 is 0 Å². The molecule has 1 aromatic carbocycles. The summed E-state index contributed by atoms with van der Waals surface area (Å²) in [6, 6.07) is 11.7. The first-order valence-corrected chi connectivity index (χ1v) is 9.93. The Balaban J connectivity index is 1.28. The quantitative estimate of drug-likeness (QED) is 0.651. The molecule has 154 valence electrons. The Bertz CT molecular complexity index is 974. The smallest absolute Gasteiger partial charge is 0.238 e. The number of carbonyl (C=O) groups excluding carboxylic acids is 1. The number of nitrogens with zero attached hydrogens (tertiary/aromatic N) is 4. The number of hydrogen-bond acceptors (Lipinski definition) is 6. The summed E-state index contributed by atoms with van der Waals surface area (Å²) >= 11 is 0. The van der Waals surface area contributed by atoms with Crippen molar-refractivity contribution in [2.24, 2.45) is 0 Å². The van der Waals surface area contributed by atoms with Crippen molar-refractivity contribution in [1.82, 2.24) is 19.9 Å². The molecule has 2 aromatic heterocycles. The van der Waals surface area contributed by atoms with Crippen LogP contribution in [0.1, 0.15) is 24.5 Å². The second kappa shape index (κ2) is 9.41. The number of likely N-dealkylation sites (tertiary alicyclic amines) is 1. The fourth-order valence-electron chi connectivity index (χ4n) is 3.57. The van der Waals surface area contributed by atoms with Crippen LogP contribution in [-0.2, 0) is 4.79 Å². The number of nitrogens with one attached hydrogen (secondary N) is 2. The van der Waals surface area contributed by atoms with Gasteiger partial charge in [-0.05, 0) is 62.3 Å². The van der Waals surface area contributed by atoms with Crippen molar-refractivity contribution in [2.45, 2.75) is 18.8 Å². The molecule has 4 rings (SSSR count).